The molecule has 110 valence electrons. The quantitative estimate of drug-likeness (QED) is 0.817. The normalized spacial score (nSPS) is 19.8. The molecule has 1 aliphatic heterocycles. The second kappa shape index (κ2) is 7.91. The van der Waals surface area contributed by atoms with Gasteiger partial charge >= 0.3 is 0 Å². The fourth-order valence-corrected chi connectivity index (χ4v) is 3.42. The number of halogens is 1. The van der Waals surface area contributed by atoms with Crippen LogP contribution in [0.5, 0.6) is 0 Å². The fourth-order valence-electron chi connectivity index (χ4n) is 2.23. The lowest BCUT2D eigenvalue weighted by Gasteiger charge is -2.19. The van der Waals surface area contributed by atoms with Crippen molar-refractivity contribution in [3.05, 3.63) is 29.3 Å². The van der Waals surface area contributed by atoms with Crippen LogP contribution in [-0.2, 0) is 9.53 Å². The van der Waals surface area contributed by atoms with Gasteiger partial charge in [-0.2, -0.15) is 0 Å². The Hall–Kier alpha value is -0.710. The van der Waals surface area contributed by atoms with Crippen LogP contribution in [0.25, 0.3) is 0 Å². The van der Waals surface area contributed by atoms with E-state index < -0.39 is 0 Å². The van der Waals surface area contributed by atoms with Gasteiger partial charge in [-0.3, -0.25) is 4.79 Å². The zero-order valence-electron chi connectivity index (χ0n) is 11.6. The molecule has 2 rings (SSSR count). The Labute approximate surface area is 129 Å². The van der Waals surface area contributed by atoms with Crippen LogP contribution in [0.3, 0.4) is 0 Å². The lowest BCUT2D eigenvalue weighted by molar-refractivity contribution is -0.122. The monoisotopic (exact) mass is 313 g/mol. The number of hydrogen-bond donors (Lipinski definition) is 1. The van der Waals surface area contributed by atoms with E-state index in [9.17, 15) is 4.79 Å². The maximum atomic E-state index is 11.9. The van der Waals surface area contributed by atoms with Crippen LogP contribution in [0.2, 0.25) is 5.02 Å². The lowest BCUT2D eigenvalue weighted by Crippen LogP contribution is -2.40. The van der Waals surface area contributed by atoms with Gasteiger partial charge in [0, 0.05) is 23.7 Å². The molecule has 0 aromatic heterocycles. The minimum absolute atomic E-state index is 0.0764. The van der Waals surface area contributed by atoms with Gasteiger partial charge in [0.1, 0.15) is 0 Å². The molecule has 1 fully saturated rings. The highest BCUT2D eigenvalue weighted by atomic mass is 35.5. The van der Waals surface area contributed by atoms with Crippen LogP contribution >= 0.6 is 23.4 Å². The van der Waals surface area contributed by atoms with Crippen molar-refractivity contribution >= 4 is 29.3 Å². The van der Waals surface area contributed by atoms with E-state index in [2.05, 4.69) is 5.32 Å². The van der Waals surface area contributed by atoms with Crippen LogP contribution in [0, 0.1) is 0 Å². The molecule has 1 heterocycles. The summed E-state index contributed by atoms with van der Waals surface area (Å²) in [5.74, 6) is 0.806. The molecular formula is C15H20ClNO2S. The number of carbonyl (C=O) groups excluding carboxylic acids is 1. The summed E-state index contributed by atoms with van der Waals surface area (Å²) in [4.78, 5) is 12.9. The number of thioether (sulfide) groups is 1. The third-order valence-corrected chi connectivity index (χ3v) is 4.85. The first-order chi connectivity index (χ1) is 9.66. The molecule has 1 saturated heterocycles. The summed E-state index contributed by atoms with van der Waals surface area (Å²) in [6.45, 7) is 2.82. The lowest BCUT2D eigenvalue weighted by atomic mass is 10.1. The minimum atomic E-state index is 0.0764. The standard InChI is InChI=1S/C15H20ClNO2S/c1-11(13-6-4-9-19-13)17-15(18)8-10-20-14-7-3-2-5-12(14)16/h2-3,5,7,11,13H,4,6,8-10H2,1H3,(H,17,18). The van der Waals surface area contributed by atoms with Crippen LogP contribution in [0.15, 0.2) is 29.2 Å². The first kappa shape index (κ1) is 15.7. The highest BCUT2D eigenvalue weighted by Crippen LogP contribution is 2.26. The zero-order valence-corrected chi connectivity index (χ0v) is 13.2. The molecule has 0 saturated carbocycles. The predicted octanol–water partition coefficient (Wildman–Crippen LogP) is 3.51. The topological polar surface area (TPSA) is 38.3 Å². The van der Waals surface area contributed by atoms with Crippen molar-refractivity contribution < 1.29 is 9.53 Å². The summed E-state index contributed by atoms with van der Waals surface area (Å²) in [5, 5.41) is 3.75. The molecule has 0 aliphatic carbocycles. The number of nitrogens with one attached hydrogen (secondary N) is 1. The van der Waals surface area contributed by atoms with E-state index in [-0.39, 0.29) is 18.1 Å². The molecule has 1 aromatic carbocycles. The van der Waals surface area contributed by atoms with Crippen molar-refractivity contribution in [1.82, 2.24) is 5.32 Å². The summed E-state index contributed by atoms with van der Waals surface area (Å²) in [6.07, 6.45) is 2.80. The smallest absolute Gasteiger partial charge is 0.221 e. The van der Waals surface area contributed by atoms with E-state index >= 15 is 0 Å². The van der Waals surface area contributed by atoms with E-state index in [4.69, 9.17) is 16.3 Å². The highest BCUT2D eigenvalue weighted by molar-refractivity contribution is 7.99. The molecular weight excluding hydrogens is 294 g/mol. The van der Waals surface area contributed by atoms with Crippen molar-refractivity contribution in [3.63, 3.8) is 0 Å². The molecule has 20 heavy (non-hydrogen) atoms. The number of rotatable bonds is 6. The van der Waals surface area contributed by atoms with Crippen LogP contribution in [0.1, 0.15) is 26.2 Å². The van der Waals surface area contributed by atoms with Gasteiger partial charge in [0.05, 0.1) is 17.2 Å². The third-order valence-electron chi connectivity index (χ3n) is 3.33. The van der Waals surface area contributed by atoms with Gasteiger partial charge < -0.3 is 10.1 Å². The largest absolute Gasteiger partial charge is 0.376 e. The molecule has 1 aliphatic rings. The first-order valence-corrected chi connectivity index (χ1v) is 8.31. The van der Waals surface area contributed by atoms with Gasteiger partial charge in [0.2, 0.25) is 5.91 Å². The fraction of sp³-hybridized carbons (Fsp3) is 0.533. The van der Waals surface area contributed by atoms with Gasteiger partial charge in [-0.1, -0.05) is 23.7 Å². The molecule has 1 amide bonds. The summed E-state index contributed by atoms with van der Waals surface area (Å²) in [6, 6.07) is 7.79. The van der Waals surface area contributed by atoms with Gasteiger partial charge in [0.15, 0.2) is 0 Å². The Morgan fingerprint density at radius 2 is 2.35 bits per heavy atom. The highest BCUT2D eigenvalue weighted by Gasteiger charge is 2.23. The van der Waals surface area contributed by atoms with E-state index in [0.29, 0.717) is 6.42 Å². The van der Waals surface area contributed by atoms with Crippen molar-refractivity contribution in [1.29, 1.82) is 0 Å². The van der Waals surface area contributed by atoms with Gasteiger partial charge in [0.25, 0.3) is 0 Å². The average Bonchev–Trinajstić information content (AvgIpc) is 2.95. The van der Waals surface area contributed by atoms with Crippen molar-refractivity contribution in [2.24, 2.45) is 0 Å². The van der Waals surface area contributed by atoms with Gasteiger partial charge in [-0.15, -0.1) is 11.8 Å². The Kier molecular flexibility index (Phi) is 6.20. The maximum Gasteiger partial charge on any atom is 0.221 e. The SMILES string of the molecule is CC(NC(=O)CCSc1ccccc1Cl)C1CCCO1. The third kappa shape index (κ3) is 4.69. The molecule has 1 aromatic rings. The molecule has 0 spiro atoms. The molecule has 1 N–H and O–H groups in total. The van der Waals surface area contributed by atoms with Crippen molar-refractivity contribution in [2.45, 2.75) is 43.2 Å². The molecule has 2 unspecified atom stereocenters. The number of benzene rings is 1. The number of carbonyl (C=O) groups is 1. The van der Waals surface area contributed by atoms with Crippen molar-refractivity contribution in [2.75, 3.05) is 12.4 Å². The van der Waals surface area contributed by atoms with Gasteiger partial charge in [-0.05, 0) is 31.9 Å². The molecule has 2 atom stereocenters. The van der Waals surface area contributed by atoms with Crippen LogP contribution < -0.4 is 5.32 Å². The second-order valence-corrected chi connectivity index (χ2v) is 6.48. The molecule has 5 heteroatoms. The average molecular weight is 314 g/mol. The maximum absolute atomic E-state index is 11.9. The summed E-state index contributed by atoms with van der Waals surface area (Å²) < 4.78 is 5.57. The molecule has 0 bridgehead atoms. The first-order valence-electron chi connectivity index (χ1n) is 6.95. The Bertz CT molecular complexity index is 449. The van der Waals surface area contributed by atoms with E-state index in [0.717, 1.165) is 35.1 Å². The Morgan fingerprint density at radius 3 is 3.05 bits per heavy atom. The number of hydrogen-bond acceptors (Lipinski definition) is 3. The number of amides is 1. The van der Waals surface area contributed by atoms with Crippen molar-refractivity contribution in [3.8, 4) is 0 Å². The summed E-state index contributed by atoms with van der Waals surface area (Å²) >= 11 is 7.68. The summed E-state index contributed by atoms with van der Waals surface area (Å²) in [7, 11) is 0. The predicted molar refractivity (Wildman–Crippen MR) is 83.4 cm³/mol. The van der Waals surface area contributed by atoms with Crippen LogP contribution in [-0.4, -0.2) is 30.4 Å². The number of ether oxygens (including phenoxy) is 1. The molecule has 0 radical (unpaired) electrons. The second-order valence-electron chi connectivity index (χ2n) is 4.94. The minimum Gasteiger partial charge on any atom is -0.376 e. The summed E-state index contributed by atoms with van der Waals surface area (Å²) in [5.41, 5.74) is 0. The Balaban J connectivity index is 1.68. The van der Waals surface area contributed by atoms with Gasteiger partial charge in [-0.25, -0.2) is 0 Å². The van der Waals surface area contributed by atoms with E-state index in [1.807, 2.05) is 31.2 Å². The molecule has 3 nitrogen and oxygen atoms in total. The van der Waals surface area contributed by atoms with Crippen LogP contribution in [0.4, 0.5) is 0 Å². The zero-order chi connectivity index (χ0) is 14.4. The van der Waals surface area contributed by atoms with E-state index in [1.165, 1.54) is 0 Å². The Morgan fingerprint density at radius 1 is 1.55 bits per heavy atom. The van der Waals surface area contributed by atoms with E-state index in [1.54, 1.807) is 11.8 Å².